The van der Waals surface area contributed by atoms with E-state index in [9.17, 15) is 9.59 Å². The maximum Gasteiger partial charge on any atom is 0.277 e. The molecule has 0 bridgehead atoms. The molecule has 0 radical (unpaired) electrons. The zero-order valence-electron chi connectivity index (χ0n) is 14.7. The van der Waals surface area contributed by atoms with Crippen LogP contribution in [0.4, 0.5) is 5.69 Å². The zero-order chi connectivity index (χ0) is 18.6. The summed E-state index contributed by atoms with van der Waals surface area (Å²) in [4.78, 5) is 28.6. The lowest BCUT2D eigenvalue weighted by molar-refractivity contribution is 0.0981. The number of carbonyl (C=O) groups excluding carboxylic acids is 2. The van der Waals surface area contributed by atoms with Crippen LogP contribution in [0.15, 0.2) is 59.4 Å². The fourth-order valence-electron chi connectivity index (χ4n) is 2.84. The number of benzene rings is 1. The second kappa shape index (κ2) is 7.53. The van der Waals surface area contributed by atoms with Crippen molar-refractivity contribution in [2.75, 3.05) is 5.32 Å². The van der Waals surface area contributed by atoms with E-state index in [4.69, 9.17) is 4.52 Å². The number of amides is 1. The van der Waals surface area contributed by atoms with Crippen molar-refractivity contribution >= 4 is 17.4 Å². The first-order valence-electron chi connectivity index (χ1n) is 8.99. The Balaban J connectivity index is 1.33. The molecular weight excluding hydrogens is 342 g/mol. The predicted octanol–water partition coefficient (Wildman–Crippen LogP) is 4.01. The highest BCUT2D eigenvalue weighted by Gasteiger charge is 2.28. The van der Waals surface area contributed by atoms with Crippen LogP contribution < -0.4 is 5.32 Å². The summed E-state index contributed by atoms with van der Waals surface area (Å²) in [6.45, 7) is 0. The van der Waals surface area contributed by atoms with Crippen LogP contribution in [0.3, 0.4) is 0 Å². The summed E-state index contributed by atoms with van der Waals surface area (Å²) < 4.78 is 5.20. The summed E-state index contributed by atoms with van der Waals surface area (Å²) >= 11 is 0. The normalized spacial score (nSPS) is 13.3. The molecule has 1 amide bonds. The Morgan fingerprint density at radius 1 is 1.15 bits per heavy atom. The molecule has 4 rings (SSSR count). The van der Waals surface area contributed by atoms with Crippen molar-refractivity contribution < 1.29 is 14.1 Å². The number of pyridine rings is 1. The van der Waals surface area contributed by atoms with Gasteiger partial charge in [-0.25, -0.2) is 0 Å². The monoisotopic (exact) mass is 361 g/mol. The summed E-state index contributed by atoms with van der Waals surface area (Å²) in [5, 5.41) is 6.60. The van der Waals surface area contributed by atoms with Gasteiger partial charge in [-0.05, 0) is 55.2 Å². The number of rotatable bonds is 7. The molecule has 1 N–H and O–H groups in total. The minimum atomic E-state index is -0.318. The van der Waals surface area contributed by atoms with Crippen LogP contribution in [-0.2, 0) is 6.42 Å². The summed E-state index contributed by atoms with van der Waals surface area (Å²) in [6.07, 6.45) is 6.73. The second-order valence-electron chi connectivity index (χ2n) is 6.70. The molecule has 1 saturated carbocycles. The first kappa shape index (κ1) is 17.1. The van der Waals surface area contributed by atoms with E-state index in [0.717, 1.165) is 24.2 Å². The number of hydrogen-bond donors (Lipinski definition) is 1. The average Bonchev–Trinajstić information content (AvgIpc) is 3.44. The van der Waals surface area contributed by atoms with Gasteiger partial charge in [-0.2, -0.15) is 0 Å². The van der Waals surface area contributed by atoms with E-state index in [2.05, 4.69) is 15.5 Å². The van der Waals surface area contributed by atoms with Crippen LogP contribution in [0, 0.1) is 0 Å². The highest BCUT2D eigenvalue weighted by Crippen LogP contribution is 2.40. The molecule has 27 heavy (non-hydrogen) atoms. The van der Waals surface area contributed by atoms with Crippen molar-refractivity contribution in [3.63, 3.8) is 0 Å². The Morgan fingerprint density at radius 3 is 2.67 bits per heavy atom. The van der Waals surface area contributed by atoms with Crippen molar-refractivity contribution in [3.8, 4) is 0 Å². The smallest absolute Gasteiger partial charge is 0.277 e. The summed E-state index contributed by atoms with van der Waals surface area (Å²) in [7, 11) is 0. The number of nitrogens with zero attached hydrogens (tertiary/aromatic N) is 2. The van der Waals surface area contributed by atoms with Gasteiger partial charge in [-0.15, -0.1) is 0 Å². The summed E-state index contributed by atoms with van der Waals surface area (Å²) in [5.41, 5.74) is 2.54. The highest BCUT2D eigenvalue weighted by molar-refractivity contribution is 6.03. The van der Waals surface area contributed by atoms with E-state index in [1.54, 1.807) is 42.7 Å². The van der Waals surface area contributed by atoms with Crippen LogP contribution >= 0.6 is 0 Å². The first-order chi connectivity index (χ1) is 13.2. The number of anilines is 1. The van der Waals surface area contributed by atoms with Crippen molar-refractivity contribution in [1.82, 2.24) is 10.1 Å². The molecule has 0 aliphatic heterocycles. The molecule has 1 aliphatic rings. The van der Waals surface area contributed by atoms with Gasteiger partial charge in [-0.3, -0.25) is 14.6 Å². The van der Waals surface area contributed by atoms with Gasteiger partial charge in [-0.1, -0.05) is 11.2 Å². The molecule has 1 aliphatic carbocycles. The third kappa shape index (κ3) is 4.28. The Kier molecular flexibility index (Phi) is 4.78. The lowest BCUT2D eigenvalue weighted by Crippen LogP contribution is -2.12. The van der Waals surface area contributed by atoms with Gasteiger partial charge in [0.2, 0.25) is 0 Å². The van der Waals surface area contributed by atoms with Gasteiger partial charge in [0.15, 0.2) is 11.5 Å². The third-order valence-electron chi connectivity index (χ3n) is 4.57. The number of aryl methyl sites for hydroxylation is 1. The quantitative estimate of drug-likeness (QED) is 0.643. The molecule has 2 aromatic heterocycles. The maximum atomic E-state index is 12.3. The Morgan fingerprint density at radius 2 is 1.96 bits per heavy atom. The molecule has 0 spiro atoms. The number of nitrogens with one attached hydrogen (secondary N) is 1. The fraction of sp³-hybridized carbons (Fsp3) is 0.238. The maximum absolute atomic E-state index is 12.3. The average molecular weight is 361 g/mol. The molecule has 2 heterocycles. The lowest BCUT2D eigenvalue weighted by atomic mass is 10.0. The Labute approximate surface area is 156 Å². The van der Waals surface area contributed by atoms with Crippen LogP contribution in [0.25, 0.3) is 0 Å². The molecule has 3 aromatic rings. The Bertz CT molecular complexity index is 944. The van der Waals surface area contributed by atoms with Crippen molar-refractivity contribution in [2.24, 2.45) is 0 Å². The van der Waals surface area contributed by atoms with E-state index >= 15 is 0 Å². The van der Waals surface area contributed by atoms with Gasteiger partial charge < -0.3 is 9.84 Å². The molecular formula is C21H19N3O3. The highest BCUT2D eigenvalue weighted by atomic mass is 16.5. The number of Topliss-reactive ketones (excluding diaryl/α,β-unsaturated/α-hetero) is 1. The molecule has 0 unspecified atom stereocenters. The van der Waals surface area contributed by atoms with Crippen LogP contribution in [0.5, 0.6) is 0 Å². The number of aromatic nitrogens is 2. The molecule has 6 nitrogen and oxygen atoms in total. The lowest BCUT2D eigenvalue weighted by Gasteiger charge is -2.05. The van der Waals surface area contributed by atoms with E-state index in [1.165, 1.54) is 0 Å². The van der Waals surface area contributed by atoms with E-state index in [0.29, 0.717) is 30.0 Å². The van der Waals surface area contributed by atoms with Gasteiger partial charge >= 0.3 is 0 Å². The molecule has 1 aromatic carbocycles. The minimum absolute atomic E-state index is 0.0577. The van der Waals surface area contributed by atoms with Gasteiger partial charge in [0.25, 0.3) is 5.91 Å². The number of carbonyl (C=O) groups is 2. The van der Waals surface area contributed by atoms with Crippen LogP contribution in [-0.4, -0.2) is 21.8 Å². The van der Waals surface area contributed by atoms with Crippen molar-refractivity contribution in [3.05, 3.63) is 77.4 Å². The van der Waals surface area contributed by atoms with Crippen LogP contribution in [0.1, 0.15) is 57.4 Å². The summed E-state index contributed by atoms with van der Waals surface area (Å²) in [6, 6.07) is 12.4. The van der Waals surface area contributed by atoms with Crippen LogP contribution in [0.2, 0.25) is 0 Å². The standard InChI is InChI=1S/C21H19N3O3/c25-19(10-3-14-2-1-11-22-13-14)15-6-8-17(9-7-15)23-21(26)18-12-20(27-24-18)16-4-5-16/h1-2,6-9,11-13,16H,3-5,10H2,(H,23,26). The number of hydrogen-bond acceptors (Lipinski definition) is 5. The van der Waals surface area contributed by atoms with E-state index < -0.39 is 0 Å². The molecule has 0 saturated heterocycles. The third-order valence-corrected chi connectivity index (χ3v) is 4.57. The SMILES string of the molecule is O=C(CCc1cccnc1)c1ccc(NC(=O)c2cc(C3CC3)on2)cc1. The second-order valence-corrected chi connectivity index (χ2v) is 6.70. The van der Waals surface area contributed by atoms with Gasteiger partial charge in [0.05, 0.1) is 0 Å². The molecule has 6 heteroatoms. The predicted molar refractivity (Wildman–Crippen MR) is 99.8 cm³/mol. The fourth-order valence-corrected chi connectivity index (χ4v) is 2.84. The zero-order valence-corrected chi connectivity index (χ0v) is 14.7. The number of ketones is 1. The topological polar surface area (TPSA) is 85.1 Å². The summed E-state index contributed by atoms with van der Waals surface area (Å²) in [5.74, 6) is 0.925. The Hall–Kier alpha value is -3.28. The molecule has 0 atom stereocenters. The van der Waals surface area contributed by atoms with E-state index in [1.807, 2.05) is 12.1 Å². The van der Waals surface area contributed by atoms with Gasteiger partial charge in [0, 0.05) is 42.0 Å². The minimum Gasteiger partial charge on any atom is -0.360 e. The van der Waals surface area contributed by atoms with E-state index in [-0.39, 0.29) is 17.4 Å². The first-order valence-corrected chi connectivity index (χ1v) is 8.99. The van der Waals surface area contributed by atoms with Gasteiger partial charge in [0.1, 0.15) is 5.76 Å². The van der Waals surface area contributed by atoms with Crippen molar-refractivity contribution in [2.45, 2.75) is 31.6 Å². The molecule has 1 fully saturated rings. The van der Waals surface area contributed by atoms with Crippen molar-refractivity contribution in [1.29, 1.82) is 0 Å². The molecule has 136 valence electrons. The largest absolute Gasteiger partial charge is 0.360 e.